The molecular formula is C31H36N4O9. The van der Waals surface area contributed by atoms with Crippen molar-refractivity contribution in [2.45, 2.75) is 37.6 Å². The van der Waals surface area contributed by atoms with E-state index < -0.39 is 58.0 Å². The van der Waals surface area contributed by atoms with Crippen molar-refractivity contribution in [2.75, 3.05) is 33.1 Å². The molecule has 0 radical (unpaired) electrons. The molecule has 0 aromatic heterocycles. The van der Waals surface area contributed by atoms with E-state index in [4.69, 9.17) is 5.73 Å². The van der Waals surface area contributed by atoms with Gasteiger partial charge in [-0.2, -0.15) is 0 Å². The molecule has 0 aliphatic heterocycles. The summed E-state index contributed by atoms with van der Waals surface area (Å²) in [5.74, 6) is -7.51. The largest absolute Gasteiger partial charge is 0.508 e. The van der Waals surface area contributed by atoms with E-state index in [1.807, 2.05) is 0 Å². The van der Waals surface area contributed by atoms with Gasteiger partial charge in [-0.05, 0) is 62.2 Å². The molecular weight excluding hydrogens is 572 g/mol. The van der Waals surface area contributed by atoms with Crippen molar-refractivity contribution in [3.63, 3.8) is 0 Å². The maximum Gasteiger partial charge on any atom is 0.255 e. The zero-order chi connectivity index (χ0) is 32.4. The lowest BCUT2D eigenvalue weighted by Crippen LogP contribution is -2.65. The van der Waals surface area contributed by atoms with Crippen LogP contribution in [0.15, 0.2) is 41.2 Å². The number of benzene rings is 2. The monoisotopic (exact) mass is 608 g/mol. The predicted molar refractivity (Wildman–Crippen MR) is 159 cm³/mol. The molecule has 1 amide bonds. The van der Waals surface area contributed by atoms with Gasteiger partial charge >= 0.3 is 0 Å². The van der Waals surface area contributed by atoms with Gasteiger partial charge in [-0.3, -0.25) is 19.3 Å². The molecule has 0 bridgehead atoms. The van der Waals surface area contributed by atoms with E-state index >= 15 is 0 Å². The number of aliphatic hydroxyl groups is 3. The Morgan fingerprint density at radius 1 is 1.02 bits per heavy atom. The van der Waals surface area contributed by atoms with Crippen molar-refractivity contribution < 1.29 is 45.0 Å². The predicted octanol–water partition coefficient (Wildman–Crippen LogP) is 0.731. The molecule has 9 N–H and O–H groups in total. The Labute approximate surface area is 253 Å². The van der Waals surface area contributed by atoms with Crippen molar-refractivity contribution in [1.82, 2.24) is 10.2 Å². The summed E-state index contributed by atoms with van der Waals surface area (Å²) in [7, 11) is 6.69. The van der Waals surface area contributed by atoms with Crippen LogP contribution >= 0.6 is 0 Å². The van der Waals surface area contributed by atoms with Crippen molar-refractivity contribution in [3.8, 4) is 17.2 Å². The first kappa shape index (κ1) is 30.9. The minimum absolute atomic E-state index is 0.00216. The number of nitrogens with one attached hydrogen (secondary N) is 1. The minimum Gasteiger partial charge on any atom is -0.508 e. The molecule has 2 aromatic rings. The Morgan fingerprint density at radius 2 is 1.70 bits per heavy atom. The number of aliphatic hydroxyl groups excluding tert-OH is 2. The lowest BCUT2D eigenvalue weighted by Gasteiger charge is -2.50. The first-order valence-electron chi connectivity index (χ1n) is 14.0. The van der Waals surface area contributed by atoms with Gasteiger partial charge in [0.15, 0.2) is 22.9 Å². The van der Waals surface area contributed by atoms with Crippen LogP contribution in [0.5, 0.6) is 17.2 Å². The molecule has 0 heterocycles. The van der Waals surface area contributed by atoms with Crippen LogP contribution in [-0.2, 0) is 33.9 Å². The smallest absolute Gasteiger partial charge is 0.255 e. The van der Waals surface area contributed by atoms with Crippen LogP contribution < -0.4 is 16.0 Å². The number of fused-ring (bicyclic) bond motifs is 3. The fourth-order valence-corrected chi connectivity index (χ4v) is 6.90. The first-order chi connectivity index (χ1) is 20.6. The highest BCUT2D eigenvalue weighted by molar-refractivity contribution is 6.24. The molecule has 13 nitrogen and oxygen atoms in total. The summed E-state index contributed by atoms with van der Waals surface area (Å²) in [6, 6.07) is 4.98. The number of anilines is 1. The fraction of sp³-hybridized carbons (Fsp3) is 0.387. The average Bonchev–Trinajstić information content (AvgIpc) is 2.93. The molecule has 0 unspecified atom stereocenters. The number of hydrogen-bond acceptors (Lipinski definition) is 12. The Hall–Kier alpha value is -4.59. The number of phenols is 3. The van der Waals surface area contributed by atoms with Crippen molar-refractivity contribution in [2.24, 2.45) is 17.6 Å². The van der Waals surface area contributed by atoms with E-state index in [2.05, 4.69) is 5.32 Å². The molecule has 3 aliphatic carbocycles. The van der Waals surface area contributed by atoms with Crippen molar-refractivity contribution in [1.29, 1.82) is 0 Å². The second kappa shape index (κ2) is 10.8. The van der Waals surface area contributed by atoms with Crippen LogP contribution in [0.2, 0.25) is 0 Å². The summed E-state index contributed by atoms with van der Waals surface area (Å²) in [4.78, 5) is 42.8. The van der Waals surface area contributed by atoms with E-state index in [1.165, 1.54) is 17.0 Å². The summed E-state index contributed by atoms with van der Waals surface area (Å²) in [5, 5.41) is 68.3. The topological polar surface area (TPSA) is 217 Å². The number of likely N-dealkylation sites (N-methyl/N-ethyl adjacent to an activating group) is 1. The van der Waals surface area contributed by atoms with Crippen LogP contribution in [-0.4, -0.2) is 92.8 Å². The SMILES string of the molecule is CN(C)c1cc(CNCc2ccc(O)c(O)c2)c(O)c2c1C[C@H]1C[C@H]3[C@H](N(C)C)C(=O)C(C(N)=O)=C(O)[C@@]3(O)C(=O)C1=C2O. The van der Waals surface area contributed by atoms with Crippen LogP contribution in [0.1, 0.15) is 28.7 Å². The van der Waals surface area contributed by atoms with Gasteiger partial charge in [0.2, 0.25) is 5.78 Å². The first-order valence-corrected chi connectivity index (χ1v) is 14.0. The highest BCUT2D eigenvalue weighted by Crippen LogP contribution is 2.54. The second-order valence-corrected chi connectivity index (χ2v) is 12.0. The number of carbonyl (C=O) groups excluding carboxylic acids is 3. The van der Waals surface area contributed by atoms with Crippen LogP contribution in [0.25, 0.3) is 5.76 Å². The van der Waals surface area contributed by atoms with Gasteiger partial charge in [0.25, 0.3) is 5.91 Å². The van der Waals surface area contributed by atoms with E-state index in [-0.39, 0.29) is 54.3 Å². The number of phenolic OH excluding ortho intramolecular Hbond substituents is 3. The number of hydrogen-bond donors (Lipinski definition) is 8. The standard InChI is InChI=1S/C31H36N4O9/c1-34(2)18-10-15(12-33-11-13-5-6-19(36)20(37)7-13)25(38)22-16(18)8-14-9-17-24(35(3)4)27(40)23(30(32)43)29(42)31(17,44)28(41)21(14)26(22)39/h5-7,10,14,17,24,33,36-39,42,44H,8-9,11-12H2,1-4H3,(H2,32,43)/t14-,17-,24-,31-/m0/s1. The van der Waals surface area contributed by atoms with Gasteiger partial charge in [0, 0.05) is 49.9 Å². The van der Waals surface area contributed by atoms with Gasteiger partial charge in [0.05, 0.1) is 11.6 Å². The Bertz CT molecular complexity index is 1660. The van der Waals surface area contributed by atoms with Crippen molar-refractivity contribution in [3.05, 3.63) is 63.4 Å². The van der Waals surface area contributed by atoms with Crippen LogP contribution in [0.4, 0.5) is 5.69 Å². The molecule has 13 heteroatoms. The van der Waals surface area contributed by atoms with Crippen LogP contribution in [0, 0.1) is 11.8 Å². The van der Waals surface area contributed by atoms with E-state index in [0.29, 0.717) is 22.4 Å². The third-order valence-electron chi connectivity index (χ3n) is 8.94. The number of ketones is 2. The molecule has 234 valence electrons. The second-order valence-electron chi connectivity index (χ2n) is 12.0. The van der Waals surface area contributed by atoms with Gasteiger partial charge in [-0.25, -0.2) is 0 Å². The fourth-order valence-electron chi connectivity index (χ4n) is 6.90. The molecule has 5 rings (SSSR count). The quantitative estimate of drug-likeness (QED) is 0.161. The Morgan fingerprint density at radius 3 is 2.30 bits per heavy atom. The van der Waals surface area contributed by atoms with Gasteiger partial charge in [0.1, 0.15) is 22.8 Å². The van der Waals surface area contributed by atoms with Gasteiger partial charge in [-0.1, -0.05) is 6.07 Å². The molecule has 2 aromatic carbocycles. The third-order valence-corrected chi connectivity index (χ3v) is 8.94. The van der Waals surface area contributed by atoms with Crippen LogP contribution in [0.3, 0.4) is 0 Å². The number of carbonyl (C=O) groups is 3. The summed E-state index contributed by atoms with van der Waals surface area (Å²) < 4.78 is 0. The summed E-state index contributed by atoms with van der Waals surface area (Å²) in [5.41, 5.74) is 3.88. The van der Waals surface area contributed by atoms with E-state index in [1.54, 1.807) is 45.2 Å². The van der Waals surface area contributed by atoms with Gasteiger partial charge < -0.3 is 46.6 Å². The Kier molecular flexibility index (Phi) is 7.60. The number of nitrogens with zero attached hydrogens (tertiary/aromatic N) is 2. The molecule has 0 saturated heterocycles. The number of nitrogens with two attached hydrogens (primary N) is 1. The van der Waals surface area contributed by atoms with Gasteiger partial charge in [-0.15, -0.1) is 0 Å². The van der Waals surface area contributed by atoms with Crippen molar-refractivity contribution >= 4 is 28.9 Å². The number of aromatic hydroxyl groups is 3. The van der Waals surface area contributed by atoms with E-state index in [9.17, 15) is 45.0 Å². The highest BCUT2D eigenvalue weighted by Gasteiger charge is 2.64. The summed E-state index contributed by atoms with van der Waals surface area (Å²) in [6.45, 7) is 0.384. The zero-order valence-corrected chi connectivity index (χ0v) is 24.7. The number of primary amides is 1. The normalized spacial score (nSPS) is 24.7. The lowest BCUT2D eigenvalue weighted by molar-refractivity contribution is -0.153. The number of amides is 1. The summed E-state index contributed by atoms with van der Waals surface area (Å²) in [6.07, 6.45) is 0.179. The molecule has 0 spiro atoms. The molecule has 1 fully saturated rings. The highest BCUT2D eigenvalue weighted by atomic mass is 16.3. The van der Waals surface area contributed by atoms with E-state index in [0.717, 1.165) is 0 Å². The maximum atomic E-state index is 14.1. The average molecular weight is 609 g/mol. The maximum absolute atomic E-state index is 14.1. The lowest BCUT2D eigenvalue weighted by atomic mass is 9.57. The number of Topliss-reactive ketones (excluding diaryl/α,β-unsaturated/α-hetero) is 2. The third kappa shape index (κ3) is 4.55. The molecule has 4 atom stereocenters. The molecule has 3 aliphatic rings. The summed E-state index contributed by atoms with van der Waals surface area (Å²) >= 11 is 0. The Balaban J connectivity index is 1.60. The molecule has 44 heavy (non-hydrogen) atoms. The molecule has 1 saturated carbocycles. The minimum atomic E-state index is -2.71. The zero-order valence-electron chi connectivity index (χ0n) is 24.7. The number of rotatable bonds is 7.